The first-order chi connectivity index (χ1) is 9.99. The molecule has 0 radical (unpaired) electrons. The van der Waals surface area contributed by atoms with Crippen molar-refractivity contribution in [3.8, 4) is 0 Å². The van der Waals surface area contributed by atoms with Crippen molar-refractivity contribution in [1.29, 1.82) is 0 Å². The standard InChI is InChI=1S/C15H20FNO4/c1-11(5-6-12-3-2-4-13(16)9-12)15(20)17-7-8-21-10-14(18)19/h2-4,9,11H,5-8,10H2,1H3,(H,17,20)(H,18,19). The number of carboxylic acid groups (broad SMARTS) is 1. The summed E-state index contributed by atoms with van der Waals surface area (Å²) in [6.45, 7) is 1.86. The molecule has 0 fully saturated rings. The van der Waals surface area contributed by atoms with E-state index in [1.54, 1.807) is 13.0 Å². The number of carbonyl (C=O) groups excluding carboxylic acids is 1. The summed E-state index contributed by atoms with van der Waals surface area (Å²) in [6, 6.07) is 6.32. The predicted molar refractivity (Wildman–Crippen MR) is 75.3 cm³/mol. The lowest BCUT2D eigenvalue weighted by Crippen LogP contribution is -2.32. The molecule has 0 aliphatic heterocycles. The highest BCUT2D eigenvalue weighted by Gasteiger charge is 2.12. The number of halogens is 1. The summed E-state index contributed by atoms with van der Waals surface area (Å²) >= 11 is 0. The Balaban J connectivity index is 2.20. The van der Waals surface area contributed by atoms with Crippen molar-refractivity contribution >= 4 is 11.9 Å². The maximum atomic E-state index is 13.0. The molecule has 0 aromatic heterocycles. The van der Waals surface area contributed by atoms with E-state index in [0.717, 1.165) is 5.56 Å². The number of rotatable bonds is 9. The SMILES string of the molecule is CC(CCc1cccc(F)c1)C(=O)NCCOCC(=O)O. The van der Waals surface area contributed by atoms with Gasteiger partial charge < -0.3 is 15.2 Å². The summed E-state index contributed by atoms with van der Waals surface area (Å²) in [6.07, 6.45) is 1.24. The molecule has 6 heteroatoms. The molecule has 1 rings (SSSR count). The zero-order valence-corrected chi connectivity index (χ0v) is 12.0. The topological polar surface area (TPSA) is 75.6 Å². The molecule has 1 aromatic rings. The molecule has 0 aliphatic rings. The van der Waals surface area contributed by atoms with Gasteiger partial charge in [-0.05, 0) is 30.5 Å². The minimum absolute atomic E-state index is 0.120. The van der Waals surface area contributed by atoms with Crippen molar-refractivity contribution in [3.63, 3.8) is 0 Å². The van der Waals surface area contributed by atoms with Crippen LogP contribution < -0.4 is 5.32 Å². The zero-order valence-electron chi connectivity index (χ0n) is 12.0. The van der Waals surface area contributed by atoms with Crippen molar-refractivity contribution in [1.82, 2.24) is 5.32 Å². The largest absolute Gasteiger partial charge is 0.480 e. The van der Waals surface area contributed by atoms with Crippen molar-refractivity contribution in [2.24, 2.45) is 5.92 Å². The molecule has 0 saturated carbocycles. The molecular formula is C15H20FNO4. The molecule has 0 saturated heterocycles. The number of amides is 1. The van der Waals surface area contributed by atoms with E-state index in [9.17, 15) is 14.0 Å². The van der Waals surface area contributed by atoms with Crippen LogP contribution in [0, 0.1) is 11.7 Å². The van der Waals surface area contributed by atoms with E-state index < -0.39 is 5.97 Å². The third-order valence-corrected chi connectivity index (χ3v) is 2.97. The fourth-order valence-corrected chi connectivity index (χ4v) is 1.79. The maximum Gasteiger partial charge on any atom is 0.329 e. The Morgan fingerprint density at radius 1 is 1.43 bits per heavy atom. The minimum Gasteiger partial charge on any atom is -0.480 e. The second kappa shape index (κ2) is 9.07. The van der Waals surface area contributed by atoms with Gasteiger partial charge in [0, 0.05) is 12.5 Å². The van der Waals surface area contributed by atoms with Crippen molar-refractivity contribution in [3.05, 3.63) is 35.6 Å². The Kier molecular flexibility index (Phi) is 7.39. The average molecular weight is 297 g/mol. The van der Waals surface area contributed by atoms with Crippen molar-refractivity contribution < 1.29 is 23.8 Å². The van der Waals surface area contributed by atoms with E-state index in [2.05, 4.69) is 5.32 Å². The molecule has 116 valence electrons. The van der Waals surface area contributed by atoms with Gasteiger partial charge in [0.2, 0.25) is 5.91 Å². The lowest BCUT2D eigenvalue weighted by Gasteiger charge is -2.12. The van der Waals surface area contributed by atoms with Crippen LogP contribution in [0.5, 0.6) is 0 Å². The number of hydrogen-bond donors (Lipinski definition) is 2. The van der Waals surface area contributed by atoms with Crippen LogP contribution >= 0.6 is 0 Å². The molecule has 21 heavy (non-hydrogen) atoms. The number of hydrogen-bond acceptors (Lipinski definition) is 3. The maximum absolute atomic E-state index is 13.0. The van der Waals surface area contributed by atoms with E-state index in [1.165, 1.54) is 12.1 Å². The predicted octanol–water partition coefficient (Wildman–Crippen LogP) is 1.61. The molecule has 0 spiro atoms. The number of aliphatic carboxylic acids is 1. The van der Waals surface area contributed by atoms with Gasteiger partial charge in [0.05, 0.1) is 6.61 Å². The zero-order chi connectivity index (χ0) is 15.7. The molecule has 1 unspecified atom stereocenters. The second-order valence-electron chi connectivity index (χ2n) is 4.81. The summed E-state index contributed by atoms with van der Waals surface area (Å²) in [7, 11) is 0. The lowest BCUT2D eigenvalue weighted by atomic mass is 10.0. The molecule has 5 nitrogen and oxygen atoms in total. The second-order valence-corrected chi connectivity index (χ2v) is 4.81. The van der Waals surface area contributed by atoms with Gasteiger partial charge >= 0.3 is 5.97 Å². The normalized spacial score (nSPS) is 11.9. The van der Waals surface area contributed by atoms with Crippen LogP contribution in [0.2, 0.25) is 0 Å². The van der Waals surface area contributed by atoms with Crippen LogP contribution in [-0.4, -0.2) is 36.7 Å². The number of carboxylic acids is 1. The third kappa shape index (κ3) is 7.41. The quantitative estimate of drug-likeness (QED) is 0.679. The number of carbonyl (C=O) groups is 2. The Morgan fingerprint density at radius 2 is 2.19 bits per heavy atom. The molecule has 1 amide bonds. The first kappa shape index (κ1) is 17.1. The van der Waals surface area contributed by atoms with Gasteiger partial charge in [0.15, 0.2) is 0 Å². The minimum atomic E-state index is -1.04. The van der Waals surface area contributed by atoms with Crippen molar-refractivity contribution in [2.45, 2.75) is 19.8 Å². The number of benzene rings is 1. The molecule has 0 bridgehead atoms. The van der Waals surface area contributed by atoms with Crippen LogP contribution in [0.3, 0.4) is 0 Å². The first-order valence-corrected chi connectivity index (χ1v) is 6.80. The third-order valence-electron chi connectivity index (χ3n) is 2.97. The number of ether oxygens (including phenoxy) is 1. The van der Waals surface area contributed by atoms with E-state index in [1.807, 2.05) is 6.07 Å². The first-order valence-electron chi connectivity index (χ1n) is 6.80. The summed E-state index contributed by atoms with van der Waals surface area (Å²) in [5.41, 5.74) is 0.861. The van der Waals surface area contributed by atoms with E-state index in [4.69, 9.17) is 9.84 Å². The number of nitrogens with one attached hydrogen (secondary N) is 1. The highest BCUT2D eigenvalue weighted by molar-refractivity contribution is 5.78. The summed E-state index contributed by atoms with van der Waals surface area (Å²) in [5, 5.41) is 11.0. The molecule has 2 N–H and O–H groups in total. The highest BCUT2D eigenvalue weighted by Crippen LogP contribution is 2.11. The van der Waals surface area contributed by atoms with E-state index in [0.29, 0.717) is 12.8 Å². The summed E-state index contributed by atoms with van der Waals surface area (Å²) in [5.74, 6) is -1.64. The van der Waals surface area contributed by atoms with E-state index >= 15 is 0 Å². The van der Waals surface area contributed by atoms with Gasteiger partial charge in [0.25, 0.3) is 0 Å². The molecule has 1 aromatic carbocycles. The summed E-state index contributed by atoms with van der Waals surface area (Å²) < 4.78 is 17.8. The van der Waals surface area contributed by atoms with Crippen LogP contribution in [0.15, 0.2) is 24.3 Å². The Hall–Kier alpha value is -1.95. The van der Waals surface area contributed by atoms with Crippen molar-refractivity contribution in [2.75, 3.05) is 19.8 Å². The fourth-order valence-electron chi connectivity index (χ4n) is 1.79. The van der Waals surface area contributed by atoms with Crippen LogP contribution in [0.4, 0.5) is 4.39 Å². The average Bonchev–Trinajstić information content (AvgIpc) is 2.44. The van der Waals surface area contributed by atoms with Gasteiger partial charge in [-0.1, -0.05) is 19.1 Å². The monoisotopic (exact) mass is 297 g/mol. The van der Waals surface area contributed by atoms with Gasteiger partial charge in [0.1, 0.15) is 12.4 Å². The molecule has 0 heterocycles. The van der Waals surface area contributed by atoms with Gasteiger partial charge in [-0.3, -0.25) is 4.79 Å². The van der Waals surface area contributed by atoms with E-state index in [-0.39, 0.29) is 37.4 Å². The smallest absolute Gasteiger partial charge is 0.329 e. The van der Waals surface area contributed by atoms with Gasteiger partial charge in [-0.25, -0.2) is 9.18 Å². The summed E-state index contributed by atoms with van der Waals surface area (Å²) in [4.78, 5) is 22.0. The van der Waals surface area contributed by atoms with Crippen LogP contribution in [-0.2, 0) is 20.7 Å². The molecular weight excluding hydrogens is 277 g/mol. The van der Waals surface area contributed by atoms with Crippen LogP contribution in [0.1, 0.15) is 18.9 Å². The Labute approximate surface area is 123 Å². The lowest BCUT2D eigenvalue weighted by molar-refractivity contribution is -0.142. The Bertz CT molecular complexity index is 478. The highest BCUT2D eigenvalue weighted by atomic mass is 19.1. The molecule has 0 aliphatic carbocycles. The van der Waals surface area contributed by atoms with Crippen LogP contribution in [0.25, 0.3) is 0 Å². The van der Waals surface area contributed by atoms with Gasteiger partial charge in [-0.15, -0.1) is 0 Å². The molecule has 1 atom stereocenters. The van der Waals surface area contributed by atoms with Gasteiger partial charge in [-0.2, -0.15) is 0 Å². The Morgan fingerprint density at radius 3 is 2.86 bits per heavy atom. The number of aryl methyl sites for hydroxylation is 1. The fraction of sp³-hybridized carbons (Fsp3) is 0.467.